The normalized spacial score (nSPS) is 14.9. The Bertz CT molecular complexity index is 689. The van der Waals surface area contributed by atoms with Gasteiger partial charge in [-0.25, -0.2) is 4.79 Å². The van der Waals surface area contributed by atoms with E-state index >= 15 is 0 Å². The number of benzene rings is 1. The number of amides is 2. The van der Waals surface area contributed by atoms with Gasteiger partial charge in [-0.2, -0.15) is 5.10 Å². The van der Waals surface area contributed by atoms with E-state index in [-0.39, 0.29) is 6.03 Å². The van der Waals surface area contributed by atoms with E-state index in [1.165, 1.54) is 0 Å². The first kappa shape index (κ1) is 18.1. The van der Waals surface area contributed by atoms with E-state index in [4.69, 9.17) is 9.47 Å². The van der Waals surface area contributed by atoms with E-state index in [2.05, 4.69) is 15.3 Å². The van der Waals surface area contributed by atoms with Crippen LogP contribution in [-0.4, -0.2) is 72.6 Å². The van der Waals surface area contributed by atoms with E-state index < -0.39 is 0 Å². The summed E-state index contributed by atoms with van der Waals surface area (Å²) in [5.74, 6) is 1.28. The molecule has 0 atom stereocenters. The van der Waals surface area contributed by atoms with Crippen LogP contribution < -0.4 is 14.8 Å². The smallest absolute Gasteiger partial charge is 0.321 e. The molecule has 3 rings (SSSR count). The number of carbonyl (C=O) groups excluding carboxylic acids is 1. The quantitative estimate of drug-likeness (QED) is 0.851. The molecule has 0 unspecified atom stereocenters. The Morgan fingerprint density at radius 2 is 1.77 bits per heavy atom. The van der Waals surface area contributed by atoms with Crippen molar-refractivity contribution in [1.29, 1.82) is 0 Å². The number of carbonyl (C=O) groups is 1. The molecule has 2 amide bonds. The maximum absolute atomic E-state index is 12.5. The van der Waals surface area contributed by atoms with Gasteiger partial charge in [0.05, 0.1) is 20.8 Å². The molecule has 0 spiro atoms. The van der Waals surface area contributed by atoms with Crippen molar-refractivity contribution in [3.05, 3.63) is 36.7 Å². The Morgan fingerprint density at radius 3 is 2.35 bits per heavy atom. The molecule has 2 heterocycles. The fourth-order valence-corrected chi connectivity index (χ4v) is 2.93. The minimum Gasteiger partial charge on any atom is -0.497 e. The van der Waals surface area contributed by atoms with Crippen molar-refractivity contribution < 1.29 is 14.3 Å². The molecule has 1 aromatic carbocycles. The maximum Gasteiger partial charge on any atom is 0.321 e. The molecule has 8 heteroatoms. The third-order valence-electron chi connectivity index (χ3n) is 4.47. The molecule has 140 valence electrons. The molecule has 8 nitrogen and oxygen atoms in total. The highest BCUT2D eigenvalue weighted by atomic mass is 16.5. The predicted molar refractivity (Wildman–Crippen MR) is 98.8 cm³/mol. The summed E-state index contributed by atoms with van der Waals surface area (Å²) in [7, 11) is 3.17. The summed E-state index contributed by atoms with van der Waals surface area (Å²) in [6.45, 7) is 4.91. The van der Waals surface area contributed by atoms with Crippen LogP contribution in [0.3, 0.4) is 0 Å². The predicted octanol–water partition coefficient (Wildman–Crippen LogP) is 1.75. The number of hydrogen-bond acceptors (Lipinski definition) is 5. The molecule has 1 N–H and O–H groups in total. The second kappa shape index (κ2) is 8.57. The molecule has 26 heavy (non-hydrogen) atoms. The lowest BCUT2D eigenvalue weighted by Crippen LogP contribution is -2.50. The maximum atomic E-state index is 12.5. The number of aromatic nitrogens is 2. The van der Waals surface area contributed by atoms with Crippen molar-refractivity contribution in [3.63, 3.8) is 0 Å². The number of rotatable bonds is 6. The van der Waals surface area contributed by atoms with Crippen LogP contribution in [-0.2, 0) is 6.54 Å². The summed E-state index contributed by atoms with van der Waals surface area (Å²) in [6, 6.07) is 7.15. The summed E-state index contributed by atoms with van der Waals surface area (Å²) in [4.78, 5) is 16.7. The average Bonchev–Trinajstić information content (AvgIpc) is 3.20. The van der Waals surface area contributed by atoms with Gasteiger partial charge in [-0.1, -0.05) is 0 Å². The zero-order valence-corrected chi connectivity index (χ0v) is 15.2. The molecule has 1 saturated heterocycles. The van der Waals surface area contributed by atoms with Gasteiger partial charge in [-0.3, -0.25) is 9.58 Å². The number of piperazine rings is 1. The van der Waals surface area contributed by atoms with E-state index in [1.807, 2.05) is 21.8 Å². The van der Waals surface area contributed by atoms with Crippen molar-refractivity contribution in [3.8, 4) is 11.5 Å². The second-order valence-electron chi connectivity index (χ2n) is 6.13. The van der Waals surface area contributed by atoms with Gasteiger partial charge in [-0.15, -0.1) is 0 Å². The lowest BCUT2D eigenvalue weighted by molar-refractivity contribution is 0.143. The summed E-state index contributed by atoms with van der Waals surface area (Å²) >= 11 is 0. The number of ether oxygens (including phenoxy) is 2. The Morgan fingerprint density at radius 1 is 1.08 bits per heavy atom. The van der Waals surface area contributed by atoms with Crippen molar-refractivity contribution >= 4 is 11.7 Å². The van der Waals surface area contributed by atoms with E-state index in [0.717, 1.165) is 26.2 Å². The van der Waals surface area contributed by atoms with Gasteiger partial charge >= 0.3 is 6.03 Å². The molecule has 1 aliphatic heterocycles. The van der Waals surface area contributed by atoms with Gasteiger partial charge < -0.3 is 19.7 Å². The molecule has 0 bridgehead atoms. The van der Waals surface area contributed by atoms with Crippen LogP contribution in [0.15, 0.2) is 36.7 Å². The number of hydrogen-bond donors (Lipinski definition) is 1. The van der Waals surface area contributed by atoms with E-state index in [1.54, 1.807) is 38.6 Å². The van der Waals surface area contributed by atoms with Crippen molar-refractivity contribution in [2.75, 3.05) is 52.3 Å². The standard InChI is InChI=1S/C18H25N5O3/c1-25-16-12-15(13-17(14-16)26-2)20-18(24)22-9-6-21(7-10-22)8-11-23-5-3-4-19-23/h3-5,12-14H,6-11H2,1-2H3,(H,20,24). The molecule has 1 aliphatic rings. The van der Waals surface area contributed by atoms with Crippen LogP contribution in [0.4, 0.5) is 10.5 Å². The molecule has 0 saturated carbocycles. The lowest BCUT2D eigenvalue weighted by Gasteiger charge is -2.34. The van der Waals surface area contributed by atoms with Gasteiger partial charge in [0.2, 0.25) is 0 Å². The summed E-state index contributed by atoms with van der Waals surface area (Å²) in [6.07, 6.45) is 3.75. The van der Waals surface area contributed by atoms with Crippen molar-refractivity contribution in [2.24, 2.45) is 0 Å². The van der Waals surface area contributed by atoms with Crippen LogP contribution in [0.25, 0.3) is 0 Å². The van der Waals surface area contributed by atoms with E-state index in [0.29, 0.717) is 30.3 Å². The van der Waals surface area contributed by atoms with Crippen molar-refractivity contribution in [2.45, 2.75) is 6.54 Å². The first-order valence-corrected chi connectivity index (χ1v) is 8.66. The zero-order valence-electron chi connectivity index (χ0n) is 15.2. The monoisotopic (exact) mass is 359 g/mol. The summed E-state index contributed by atoms with van der Waals surface area (Å²) in [5, 5.41) is 7.14. The highest BCUT2D eigenvalue weighted by Crippen LogP contribution is 2.26. The van der Waals surface area contributed by atoms with Gasteiger partial charge in [0.25, 0.3) is 0 Å². The summed E-state index contributed by atoms with van der Waals surface area (Å²) in [5.41, 5.74) is 0.660. The number of anilines is 1. The number of urea groups is 1. The molecule has 0 radical (unpaired) electrons. The molecular weight excluding hydrogens is 334 g/mol. The third-order valence-corrected chi connectivity index (χ3v) is 4.47. The third kappa shape index (κ3) is 4.66. The highest BCUT2D eigenvalue weighted by Gasteiger charge is 2.21. The Hall–Kier alpha value is -2.74. The fourth-order valence-electron chi connectivity index (χ4n) is 2.93. The van der Waals surface area contributed by atoms with Gasteiger partial charge in [0, 0.05) is 69.0 Å². The molecule has 2 aromatic rings. The second-order valence-corrected chi connectivity index (χ2v) is 6.13. The van der Waals surface area contributed by atoms with Crippen LogP contribution >= 0.6 is 0 Å². The van der Waals surface area contributed by atoms with Crippen LogP contribution in [0, 0.1) is 0 Å². The first-order chi connectivity index (χ1) is 12.7. The topological polar surface area (TPSA) is 71.9 Å². The average molecular weight is 359 g/mol. The Balaban J connectivity index is 1.49. The van der Waals surface area contributed by atoms with Crippen molar-refractivity contribution in [1.82, 2.24) is 19.6 Å². The minimum atomic E-state index is -0.105. The largest absolute Gasteiger partial charge is 0.497 e. The Labute approximate surface area is 153 Å². The Kier molecular flexibility index (Phi) is 5.96. The lowest BCUT2D eigenvalue weighted by atomic mass is 10.2. The fraction of sp³-hybridized carbons (Fsp3) is 0.444. The van der Waals surface area contributed by atoms with Gasteiger partial charge in [0.1, 0.15) is 11.5 Å². The van der Waals surface area contributed by atoms with Crippen LogP contribution in [0.5, 0.6) is 11.5 Å². The summed E-state index contributed by atoms with van der Waals surface area (Å²) < 4.78 is 12.4. The van der Waals surface area contributed by atoms with Crippen LogP contribution in [0.2, 0.25) is 0 Å². The van der Waals surface area contributed by atoms with E-state index in [9.17, 15) is 4.79 Å². The molecule has 0 aliphatic carbocycles. The first-order valence-electron chi connectivity index (χ1n) is 8.66. The molecule has 1 fully saturated rings. The van der Waals surface area contributed by atoms with Gasteiger partial charge in [0.15, 0.2) is 0 Å². The number of nitrogens with zero attached hydrogens (tertiary/aromatic N) is 4. The SMILES string of the molecule is COc1cc(NC(=O)N2CCN(CCn3cccn3)CC2)cc(OC)c1. The van der Waals surface area contributed by atoms with Gasteiger partial charge in [-0.05, 0) is 6.07 Å². The minimum absolute atomic E-state index is 0.105. The number of nitrogens with one attached hydrogen (secondary N) is 1. The molecule has 1 aromatic heterocycles. The van der Waals surface area contributed by atoms with Crippen LogP contribution in [0.1, 0.15) is 0 Å². The molecular formula is C18H25N5O3. The number of methoxy groups -OCH3 is 2. The highest BCUT2D eigenvalue weighted by molar-refractivity contribution is 5.90. The zero-order chi connectivity index (χ0) is 18.4.